The molecule has 3 unspecified atom stereocenters. The Bertz CT molecular complexity index is 316. The highest BCUT2D eigenvalue weighted by atomic mass is 16.2. The fraction of sp³-hybridized carbons (Fsp3) is 0.857. The van der Waals surface area contributed by atoms with Gasteiger partial charge in [0.15, 0.2) is 0 Å². The summed E-state index contributed by atoms with van der Waals surface area (Å²) in [4.78, 5) is 24.1. The zero-order chi connectivity index (χ0) is 15.0. The summed E-state index contributed by atoms with van der Waals surface area (Å²) in [5, 5.41) is 8.92. The Morgan fingerprint density at radius 1 is 1.25 bits per heavy atom. The van der Waals surface area contributed by atoms with Gasteiger partial charge >= 0.3 is 0 Å². The predicted molar refractivity (Wildman–Crippen MR) is 78.9 cm³/mol. The van der Waals surface area contributed by atoms with Gasteiger partial charge in [-0.25, -0.2) is 0 Å². The third kappa shape index (κ3) is 5.46. The van der Waals surface area contributed by atoms with Crippen molar-refractivity contribution in [3.05, 3.63) is 0 Å². The molecule has 1 fully saturated rings. The van der Waals surface area contributed by atoms with E-state index in [-0.39, 0.29) is 18.0 Å². The summed E-state index contributed by atoms with van der Waals surface area (Å²) < 4.78 is 0. The molecule has 0 saturated carbocycles. The van der Waals surface area contributed by atoms with Gasteiger partial charge in [0.2, 0.25) is 11.8 Å². The van der Waals surface area contributed by atoms with Gasteiger partial charge in [-0.3, -0.25) is 14.9 Å². The SMILES string of the molecule is CCCC(N)C(=O)NC(CCC)C(=O)NC1CCCN1. The summed E-state index contributed by atoms with van der Waals surface area (Å²) in [5.74, 6) is -0.358. The quantitative estimate of drug-likeness (QED) is 0.513. The van der Waals surface area contributed by atoms with Crippen molar-refractivity contribution in [2.24, 2.45) is 5.73 Å². The van der Waals surface area contributed by atoms with Crippen LogP contribution in [-0.2, 0) is 9.59 Å². The summed E-state index contributed by atoms with van der Waals surface area (Å²) >= 11 is 0. The van der Waals surface area contributed by atoms with Gasteiger partial charge in [-0.1, -0.05) is 26.7 Å². The van der Waals surface area contributed by atoms with Gasteiger partial charge < -0.3 is 16.4 Å². The third-order valence-electron chi connectivity index (χ3n) is 3.52. The maximum absolute atomic E-state index is 12.2. The minimum absolute atomic E-state index is 0.0306. The summed E-state index contributed by atoms with van der Waals surface area (Å²) in [7, 11) is 0. The highest BCUT2D eigenvalue weighted by molar-refractivity contribution is 5.89. The van der Waals surface area contributed by atoms with E-state index in [1.807, 2.05) is 13.8 Å². The van der Waals surface area contributed by atoms with Crippen molar-refractivity contribution >= 4 is 11.8 Å². The topological polar surface area (TPSA) is 96.2 Å². The van der Waals surface area contributed by atoms with E-state index in [1.165, 1.54) is 0 Å². The Labute approximate surface area is 121 Å². The molecule has 0 spiro atoms. The predicted octanol–water partition coefficient (Wildman–Crippen LogP) is 0.224. The second kappa shape index (κ2) is 8.92. The van der Waals surface area contributed by atoms with E-state index in [0.717, 1.165) is 32.2 Å². The Morgan fingerprint density at radius 3 is 2.50 bits per heavy atom. The minimum Gasteiger partial charge on any atom is -0.343 e. The van der Waals surface area contributed by atoms with Crippen LogP contribution in [0, 0.1) is 0 Å². The molecule has 1 aliphatic rings. The standard InChI is InChI=1S/C14H28N4O2/c1-3-6-10(15)13(19)17-11(7-4-2)14(20)18-12-8-5-9-16-12/h10-12,16H,3-9,15H2,1-2H3,(H,17,19)(H,18,20). The van der Waals surface area contributed by atoms with E-state index >= 15 is 0 Å². The number of rotatable bonds is 8. The molecule has 116 valence electrons. The fourth-order valence-corrected chi connectivity index (χ4v) is 2.36. The maximum Gasteiger partial charge on any atom is 0.243 e. The number of carbonyl (C=O) groups excluding carboxylic acids is 2. The second-order valence-electron chi connectivity index (χ2n) is 5.40. The Hall–Kier alpha value is -1.14. The molecule has 0 aromatic rings. The smallest absolute Gasteiger partial charge is 0.243 e. The molecule has 0 radical (unpaired) electrons. The van der Waals surface area contributed by atoms with Gasteiger partial charge in [-0.2, -0.15) is 0 Å². The average Bonchev–Trinajstić information content (AvgIpc) is 2.91. The van der Waals surface area contributed by atoms with Crippen LogP contribution in [0.5, 0.6) is 0 Å². The molecule has 1 aliphatic heterocycles. The molecule has 1 saturated heterocycles. The summed E-state index contributed by atoms with van der Waals surface area (Å²) in [6.45, 7) is 4.90. The molecule has 3 atom stereocenters. The lowest BCUT2D eigenvalue weighted by molar-refractivity contribution is -0.130. The molecule has 20 heavy (non-hydrogen) atoms. The first-order chi connectivity index (χ1) is 9.58. The van der Waals surface area contributed by atoms with Gasteiger partial charge in [0.1, 0.15) is 6.04 Å². The molecule has 0 aromatic heterocycles. The molecule has 1 heterocycles. The van der Waals surface area contributed by atoms with Crippen LogP contribution in [0.4, 0.5) is 0 Å². The molecule has 0 aliphatic carbocycles. The number of nitrogens with one attached hydrogen (secondary N) is 3. The zero-order valence-corrected chi connectivity index (χ0v) is 12.6. The molecule has 6 heteroatoms. The first-order valence-electron chi connectivity index (χ1n) is 7.68. The van der Waals surface area contributed by atoms with E-state index in [1.54, 1.807) is 0 Å². The largest absolute Gasteiger partial charge is 0.343 e. The number of nitrogens with two attached hydrogens (primary N) is 1. The third-order valence-corrected chi connectivity index (χ3v) is 3.52. The van der Waals surface area contributed by atoms with Crippen LogP contribution in [0.25, 0.3) is 0 Å². The molecule has 5 N–H and O–H groups in total. The van der Waals surface area contributed by atoms with Gasteiger partial charge in [-0.05, 0) is 32.2 Å². The number of amides is 2. The van der Waals surface area contributed by atoms with E-state index in [0.29, 0.717) is 12.8 Å². The van der Waals surface area contributed by atoms with Gasteiger partial charge in [-0.15, -0.1) is 0 Å². The Morgan fingerprint density at radius 2 is 1.95 bits per heavy atom. The molecule has 1 rings (SSSR count). The van der Waals surface area contributed by atoms with Crippen LogP contribution >= 0.6 is 0 Å². The molecular weight excluding hydrogens is 256 g/mol. The number of hydrogen-bond acceptors (Lipinski definition) is 4. The average molecular weight is 284 g/mol. The lowest BCUT2D eigenvalue weighted by atomic mass is 10.1. The van der Waals surface area contributed by atoms with Crippen molar-refractivity contribution in [2.45, 2.75) is 70.6 Å². The Balaban J connectivity index is 2.49. The van der Waals surface area contributed by atoms with Crippen LogP contribution in [0.15, 0.2) is 0 Å². The maximum atomic E-state index is 12.2. The van der Waals surface area contributed by atoms with Crippen LogP contribution in [0.3, 0.4) is 0 Å². The Kier molecular flexibility index (Phi) is 7.54. The molecule has 2 amide bonds. The molecule has 0 bridgehead atoms. The summed E-state index contributed by atoms with van der Waals surface area (Å²) in [6.07, 6.45) is 4.98. The second-order valence-corrected chi connectivity index (χ2v) is 5.40. The molecular formula is C14H28N4O2. The zero-order valence-electron chi connectivity index (χ0n) is 12.6. The number of hydrogen-bond donors (Lipinski definition) is 4. The lowest BCUT2D eigenvalue weighted by Gasteiger charge is -2.22. The fourth-order valence-electron chi connectivity index (χ4n) is 2.36. The minimum atomic E-state index is -0.531. The first kappa shape index (κ1) is 16.9. The molecule has 0 aromatic carbocycles. The van der Waals surface area contributed by atoms with Crippen molar-refractivity contribution in [1.82, 2.24) is 16.0 Å². The monoisotopic (exact) mass is 284 g/mol. The normalized spacial score (nSPS) is 21.2. The van der Waals surface area contributed by atoms with Crippen LogP contribution in [0.1, 0.15) is 52.4 Å². The van der Waals surface area contributed by atoms with Gasteiger partial charge in [0, 0.05) is 0 Å². The lowest BCUT2D eigenvalue weighted by Crippen LogP contribution is -2.54. The van der Waals surface area contributed by atoms with Crippen molar-refractivity contribution in [1.29, 1.82) is 0 Å². The van der Waals surface area contributed by atoms with Gasteiger partial charge in [0.05, 0.1) is 12.2 Å². The van der Waals surface area contributed by atoms with Crippen LogP contribution in [-0.4, -0.2) is 36.6 Å². The van der Waals surface area contributed by atoms with Crippen molar-refractivity contribution in [2.75, 3.05) is 6.54 Å². The molecule has 6 nitrogen and oxygen atoms in total. The summed E-state index contributed by atoms with van der Waals surface area (Å²) in [6, 6.07) is -1.02. The van der Waals surface area contributed by atoms with E-state index in [2.05, 4.69) is 16.0 Å². The van der Waals surface area contributed by atoms with Crippen molar-refractivity contribution < 1.29 is 9.59 Å². The van der Waals surface area contributed by atoms with E-state index in [9.17, 15) is 9.59 Å². The number of carbonyl (C=O) groups is 2. The van der Waals surface area contributed by atoms with Crippen molar-refractivity contribution in [3.8, 4) is 0 Å². The summed E-state index contributed by atoms with van der Waals surface area (Å²) in [5.41, 5.74) is 5.78. The van der Waals surface area contributed by atoms with Crippen molar-refractivity contribution in [3.63, 3.8) is 0 Å². The van der Waals surface area contributed by atoms with E-state index in [4.69, 9.17) is 5.73 Å². The van der Waals surface area contributed by atoms with Gasteiger partial charge in [0.25, 0.3) is 0 Å². The van der Waals surface area contributed by atoms with Crippen LogP contribution < -0.4 is 21.7 Å². The van der Waals surface area contributed by atoms with Crippen LogP contribution in [0.2, 0.25) is 0 Å². The first-order valence-corrected chi connectivity index (χ1v) is 7.68. The van der Waals surface area contributed by atoms with E-state index < -0.39 is 12.1 Å². The highest BCUT2D eigenvalue weighted by Gasteiger charge is 2.25. The highest BCUT2D eigenvalue weighted by Crippen LogP contribution is 2.04.